The molecule has 1 saturated heterocycles. The van der Waals surface area contributed by atoms with Gasteiger partial charge in [0.25, 0.3) is 0 Å². The van der Waals surface area contributed by atoms with E-state index in [-0.39, 0.29) is 30.8 Å². The molecule has 2 N–H and O–H groups in total. The van der Waals surface area contributed by atoms with Crippen molar-refractivity contribution >= 4 is 40.1 Å². The second kappa shape index (κ2) is 12.8. The molecule has 2 fully saturated rings. The first-order chi connectivity index (χ1) is 20.9. The van der Waals surface area contributed by atoms with Gasteiger partial charge in [-0.25, -0.2) is 9.97 Å². The Bertz CT molecular complexity index is 1510. The van der Waals surface area contributed by atoms with E-state index in [1.165, 1.54) is 16.2 Å². The number of hydrogen-bond donors (Lipinski definition) is 2. The molecule has 0 unspecified atom stereocenters. The molecule has 3 aliphatic rings. The molecule has 0 bridgehead atoms. The number of amides is 2. The summed E-state index contributed by atoms with van der Waals surface area (Å²) >= 11 is 1.31. The summed E-state index contributed by atoms with van der Waals surface area (Å²) in [6, 6.07) is 11.0. The summed E-state index contributed by atoms with van der Waals surface area (Å²) in [5.41, 5.74) is 3.32. The average Bonchev–Trinajstić information content (AvgIpc) is 3.80. The van der Waals surface area contributed by atoms with Gasteiger partial charge in [0.15, 0.2) is 5.13 Å². The molecule has 2 aromatic heterocycles. The topological polar surface area (TPSA) is 124 Å². The normalized spacial score (nSPS) is 23.9. The highest BCUT2D eigenvalue weighted by molar-refractivity contribution is 7.14. The van der Waals surface area contributed by atoms with Crippen molar-refractivity contribution in [3.8, 4) is 22.4 Å². The minimum Gasteiger partial charge on any atom is -0.481 e. The van der Waals surface area contributed by atoms with Crippen LogP contribution in [0.2, 0.25) is 0 Å². The standard InChI is InChI=1S/C33H36N4O5S/c38-19-23-9-5-12-24(21-7-1-2-8-21)27(17-31(40)41)32(42)37(23)33-35-28(20-43-33)26-11-4-3-10-25(26)22-14-15-29(34-18-22)36-16-6-13-30(36)39/h3-5,9-11,14-15,18,20-21,23-24,27,38H,1-2,6-8,12-13,16-17,19H2,(H,40,41)/b9-5-/t23-,24-,27+/m1/s1. The summed E-state index contributed by atoms with van der Waals surface area (Å²) in [7, 11) is 0. The number of carboxylic acids is 1. The van der Waals surface area contributed by atoms with E-state index in [2.05, 4.69) is 4.98 Å². The van der Waals surface area contributed by atoms with Gasteiger partial charge in [0, 0.05) is 35.7 Å². The minimum atomic E-state index is -0.992. The summed E-state index contributed by atoms with van der Waals surface area (Å²) in [6.45, 7) is 0.385. The summed E-state index contributed by atoms with van der Waals surface area (Å²) in [5.74, 6) is -0.979. The number of thiazole rings is 1. The molecule has 1 saturated carbocycles. The van der Waals surface area contributed by atoms with Crippen molar-refractivity contribution in [2.45, 2.75) is 57.4 Å². The number of allylic oxidation sites excluding steroid dienone is 1. The SMILES string of the molecule is O=C(O)C[C@@H]1C(=O)N(c2nc(-c3ccccc3-c3ccc(N4CCCC4=O)nc3)cs2)[C@@H](CO)/C=C\C[C@@H]1C1CCCC1. The van der Waals surface area contributed by atoms with Crippen LogP contribution in [-0.2, 0) is 14.4 Å². The second-order valence-corrected chi connectivity index (χ2v) is 12.5. The summed E-state index contributed by atoms with van der Waals surface area (Å²) in [5, 5.41) is 22.4. The van der Waals surface area contributed by atoms with Crippen molar-refractivity contribution in [2.75, 3.05) is 23.0 Å². The molecule has 6 rings (SSSR count). The largest absolute Gasteiger partial charge is 0.481 e. The third-order valence-corrected chi connectivity index (χ3v) is 9.91. The second-order valence-electron chi connectivity index (χ2n) is 11.6. The number of aliphatic carboxylic acids is 1. The summed E-state index contributed by atoms with van der Waals surface area (Å²) in [4.78, 5) is 51.1. The van der Waals surface area contributed by atoms with Crippen molar-refractivity contribution in [1.29, 1.82) is 0 Å². The molecule has 2 aliphatic heterocycles. The molecule has 4 heterocycles. The number of aliphatic hydroxyl groups excluding tert-OH is 1. The number of carboxylic acid groups (broad SMARTS) is 1. The number of benzene rings is 1. The van der Waals surface area contributed by atoms with Crippen LogP contribution >= 0.6 is 11.3 Å². The number of aliphatic hydroxyl groups is 1. The van der Waals surface area contributed by atoms with Gasteiger partial charge in [0.2, 0.25) is 11.8 Å². The van der Waals surface area contributed by atoms with Crippen molar-refractivity contribution in [2.24, 2.45) is 17.8 Å². The number of anilines is 2. The zero-order valence-electron chi connectivity index (χ0n) is 24.0. The monoisotopic (exact) mass is 600 g/mol. The van der Waals surface area contributed by atoms with E-state index in [0.29, 0.717) is 41.9 Å². The zero-order valence-corrected chi connectivity index (χ0v) is 24.8. The maximum Gasteiger partial charge on any atom is 0.304 e. The number of carbonyl (C=O) groups is 3. The van der Waals surface area contributed by atoms with Gasteiger partial charge >= 0.3 is 5.97 Å². The van der Waals surface area contributed by atoms with Gasteiger partial charge in [-0.15, -0.1) is 11.3 Å². The van der Waals surface area contributed by atoms with Crippen LogP contribution in [0.1, 0.15) is 51.4 Å². The quantitative estimate of drug-likeness (QED) is 0.325. The van der Waals surface area contributed by atoms with E-state index in [0.717, 1.165) is 48.8 Å². The first kappa shape index (κ1) is 29.2. The average molecular weight is 601 g/mol. The number of hydrogen-bond acceptors (Lipinski definition) is 7. The van der Waals surface area contributed by atoms with Crippen LogP contribution in [0.25, 0.3) is 22.4 Å². The smallest absolute Gasteiger partial charge is 0.304 e. The van der Waals surface area contributed by atoms with E-state index in [4.69, 9.17) is 4.98 Å². The zero-order chi connectivity index (χ0) is 29.9. The van der Waals surface area contributed by atoms with E-state index >= 15 is 0 Å². The van der Waals surface area contributed by atoms with Crippen molar-refractivity contribution in [3.63, 3.8) is 0 Å². The Labute approximate surface area is 254 Å². The van der Waals surface area contributed by atoms with E-state index in [9.17, 15) is 24.6 Å². The predicted octanol–water partition coefficient (Wildman–Crippen LogP) is 5.55. The van der Waals surface area contributed by atoms with Gasteiger partial charge in [0.1, 0.15) is 5.82 Å². The Kier molecular flexibility index (Phi) is 8.67. The third-order valence-electron chi connectivity index (χ3n) is 9.07. The van der Waals surface area contributed by atoms with Gasteiger partial charge in [0.05, 0.1) is 30.7 Å². The van der Waals surface area contributed by atoms with Crippen LogP contribution in [-0.4, -0.2) is 57.2 Å². The fraction of sp³-hybridized carbons (Fsp3) is 0.424. The van der Waals surface area contributed by atoms with Crippen LogP contribution < -0.4 is 9.80 Å². The number of carbonyl (C=O) groups excluding carboxylic acids is 2. The maximum atomic E-state index is 14.2. The summed E-state index contributed by atoms with van der Waals surface area (Å²) in [6.07, 6.45) is 11.6. The number of rotatable bonds is 8. The van der Waals surface area contributed by atoms with Crippen molar-refractivity contribution in [1.82, 2.24) is 9.97 Å². The van der Waals surface area contributed by atoms with E-state index in [1.807, 2.05) is 53.9 Å². The van der Waals surface area contributed by atoms with Gasteiger partial charge in [-0.2, -0.15) is 0 Å². The lowest BCUT2D eigenvalue weighted by Gasteiger charge is -2.37. The van der Waals surface area contributed by atoms with Crippen LogP contribution in [0.4, 0.5) is 10.9 Å². The molecule has 1 aromatic carbocycles. The molecular weight excluding hydrogens is 564 g/mol. The molecule has 3 atom stereocenters. The summed E-state index contributed by atoms with van der Waals surface area (Å²) < 4.78 is 0. The van der Waals surface area contributed by atoms with Gasteiger partial charge < -0.3 is 10.2 Å². The fourth-order valence-corrected chi connectivity index (χ4v) is 7.82. The third kappa shape index (κ3) is 5.99. The van der Waals surface area contributed by atoms with Gasteiger partial charge in [-0.05, 0) is 42.4 Å². The highest BCUT2D eigenvalue weighted by Gasteiger charge is 2.42. The minimum absolute atomic E-state index is 0.0593. The molecule has 1 aliphatic carbocycles. The Morgan fingerprint density at radius 2 is 1.84 bits per heavy atom. The molecule has 43 heavy (non-hydrogen) atoms. The van der Waals surface area contributed by atoms with E-state index < -0.39 is 17.9 Å². The number of aromatic nitrogens is 2. The van der Waals surface area contributed by atoms with Gasteiger partial charge in [-0.3, -0.25) is 24.2 Å². The number of nitrogens with zero attached hydrogens (tertiary/aromatic N) is 4. The lowest BCUT2D eigenvalue weighted by atomic mass is 9.75. The molecule has 10 heteroatoms. The Balaban J connectivity index is 1.33. The highest BCUT2D eigenvalue weighted by Crippen LogP contribution is 2.42. The molecule has 2 amide bonds. The number of pyridine rings is 1. The Hall–Kier alpha value is -3.89. The van der Waals surface area contributed by atoms with Crippen LogP contribution in [0, 0.1) is 17.8 Å². The lowest BCUT2D eigenvalue weighted by Crippen LogP contribution is -2.48. The molecule has 9 nitrogen and oxygen atoms in total. The van der Waals surface area contributed by atoms with Crippen molar-refractivity contribution < 1.29 is 24.6 Å². The van der Waals surface area contributed by atoms with E-state index in [1.54, 1.807) is 11.1 Å². The highest BCUT2D eigenvalue weighted by atomic mass is 32.1. The molecule has 3 aromatic rings. The molecular formula is C33H36N4O5S. The van der Waals surface area contributed by atoms with Crippen molar-refractivity contribution in [3.05, 3.63) is 60.1 Å². The van der Waals surface area contributed by atoms with Crippen LogP contribution in [0.15, 0.2) is 60.1 Å². The Morgan fingerprint density at radius 3 is 2.51 bits per heavy atom. The lowest BCUT2D eigenvalue weighted by molar-refractivity contribution is -0.142. The first-order valence-corrected chi connectivity index (χ1v) is 16.0. The predicted molar refractivity (Wildman–Crippen MR) is 166 cm³/mol. The molecule has 0 radical (unpaired) electrons. The van der Waals surface area contributed by atoms with Crippen LogP contribution in [0.5, 0.6) is 0 Å². The molecule has 224 valence electrons. The first-order valence-electron chi connectivity index (χ1n) is 15.1. The fourth-order valence-electron chi connectivity index (χ4n) is 6.93. The van der Waals surface area contributed by atoms with Gasteiger partial charge in [-0.1, -0.05) is 62.1 Å². The Morgan fingerprint density at radius 1 is 1.05 bits per heavy atom. The van der Waals surface area contributed by atoms with Crippen LogP contribution in [0.3, 0.4) is 0 Å². The maximum absolute atomic E-state index is 14.2. The molecule has 0 spiro atoms.